The maximum Gasteiger partial charge on any atom is 0.249 e. The lowest BCUT2D eigenvalue weighted by atomic mass is 10.0. The number of rotatable bonds is 6. The van der Waals surface area contributed by atoms with Crippen molar-refractivity contribution in [2.75, 3.05) is 32.0 Å². The first-order valence-electron chi connectivity index (χ1n) is 8.33. The molecule has 1 amide bonds. The third kappa shape index (κ3) is 3.77. The number of hydrogen-bond donors (Lipinski definition) is 2. The normalized spacial score (nSPS) is 16.7. The van der Waals surface area contributed by atoms with Crippen LogP contribution in [0.3, 0.4) is 0 Å². The molecule has 0 aliphatic carbocycles. The molecule has 1 saturated heterocycles. The minimum Gasteiger partial charge on any atom is -0.390 e. The van der Waals surface area contributed by atoms with E-state index in [0.717, 1.165) is 11.3 Å². The molecule has 0 radical (unpaired) electrons. The van der Waals surface area contributed by atoms with Crippen molar-refractivity contribution in [3.05, 3.63) is 48.6 Å². The molecule has 1 aromatic heterocycles. The zero-order valence-corrected chi connectivity index (χ0v) is 16.3. The summed E-state index contributed by atoms with van der Waals surface area (Å²) >= 11 is 0.976. The predicted molar refractivity (Wildman–Crippen MR) is 106 cm³/mol. The summed E-state index contributed by atoms with van der Waals surface area (Å²) in [5, 5.41) is -0.550. The van der Waals surface area contributed by atoms with E-state index in [1.165, 1.54) is 12.1 Å². The molecule has 9 heteroatoms. The lowest BCUT2D eigenvalue weighted by Crippen LogP contribution is -2.46. The topological polar surface area (TPSA) is 116 Å². The van der Waals surface area contributed by atoms with E-state index in [1.54, 1.807) is 24.3 Å². The van der Waals surface area contributed by atoms with Gasteiger partial charge in [-0.1, -0.05) is 24.3 Å². The van der Waals surface area contributed by atoms with E-state index < -0.39 is 21.1 Å². The number of carbonyl (C=O) groups is 1. The van der Waals surface area contributed by atoms with Gasteiger partial charge in [0, 0.05) is 24.2 Å². The van der Waals surface area contributed by atoms with Crippen molar-refractivity contribution in [2.45, 2.75) is 9.58 Å². The standard InChI is InChI=1S/C18H21N3O4S2/c1-2-15(21-7-9-25-10-8-21)27(23,24)16-11-14(18(20)26-16)12-5-3-4-6-13(12)17(19)22/h2-6,11,15H,1,7-10,20H2,(H2,19,22). The first-order valence-corrected chi connectivity index (χ1v) is 10.7. The number of primary amides is 1. The van der Waals surface area contributed by atoms with Gasteiger partial charge in [0.05, 0.1) is 18.2 Å². The SMILES string of the molecule is C=CC(N1CCOCC1)S(=O)(=O)c1cc(-c2ccccc2C(N)=O)c(N)s1. The van der Waals surface area contributed by atoms with Crippen LogP contribution in [0.15, 0.2) is 47.2 Å². The Morgan fingerprint density at radius 2 is 1.93 bits per heavy atom. The van der Waals surface area contributed by atoms with Crippen molar-refractivity contribution in [3.8, 4) is 11.1 Å². The summed E-state index contributed by atoms with van der Waals surface area (Å²) in [5.41, 5.74) is 12.8. The molecule has 0 spiro atoms. The number of anilines is 1. The van der Waals surface area contributed by atoms with Gasteiger partial charge in [-0.3, -0.25) is 9.69 Å². The zero-order chi connectivity index (χ0) is 19.6. The lowest BCUT2D eigenvalue weighted by Gasteiger charge is -2.31. The van der Waals surface area contributed by atoms with E-state index in [1.807, 2.05) is 4.90 Å². The smallest absolute Gasteiger partial charge is 0.249 e. The van der Waals surface area contributed by atoms with Crippen molar-refractivity contribution < 1.29 is 17.9 Å². The first kappa shape index (κ1) is 19.6. The Bertz CT molecular complexity index is 963. The Hall–Kier alpha value is -2.20. The minimum atomic E-state index is -3.72. The van der Waals surface area contributed by atoms with Gasteiger partial charge >= 0.3 is 0 Å². The van der Waals surface area contributed by atoms with E-state index in [0.29, 0.717) is 48.0 Å². The number of amides is 1. The zero-order valence-electron chi connectivity index (χ0n) is 14.6. The first-order chi connectivity index (χ1) is 12.9. The number of nitrogen functional groups attached to an aromatic ring is 1. The molecule has 1 fully saturated rings. The molecule has 7 nitrogen and oxygen atoms in total. The molecule has 3 rings (SSSR count). The highest BCUT2D eigenvalue weighted by Crippen LogP contribution is 2.39. The Balaban J connectivity index is 2.03. The van der Waals surface area contributed by atoms with Crippen molar-refractivity contribution in [2.24, 2.45) is 5.73 Å². The van der Waals surface area contributed by atoms with Gasteiger partial charge in [-0.05, 0) is 17.7 Å². The average molecular weight is 408 g/mol. The number of benzene rings is 1. The van der Waals surface area contributed by atoms with Crippen LogP contribution in [-0.2, 0) is 14.6 Å². The number of carbonyl (C=O) groups excluding carboxylic acids is 1. The fourth-order valence-corrected chi connectivity index (χ4v) is 6.17. The second kappa shape index (κ2) is 7.81. The van der Waals surface area contributed by atoms with Gasteiger partial charge in [-0.25, -0.2) is 8.42 Å². The van der Waals surface area contributed by atoms with Crippen molar-refractivity contribution in [1.82, 2.24) is 4.90 Å². The van der Waals surface area contributed by atoms with Crippen molar-refractivity contribution in [1.29, 1.82) is 0 Å². The third-order valence-electron chi connectivity index (χ3n) is 4.43. The molecule has 27 heavy (non-hydrogen) atoms. The monoisotopic (exact) mass is 407 g/mol. The largest absolute Gasteiger partial charge is 0.390 e. The lowest BCUT2D eigenvalue weighted by molar-refractivity contribution is 0.0374. The highest BCUT2D eigenvalue weighted by Gasteiger charge is 2.33. The highest BCUT2D eigenvalue weighted by atomic mass is 32.2. The summed E-state index contributed by atoms with van der Waals surface area (Å²) in [7, 11) is -3.72. The van der Waals surface area contributed by atoms with Gasteiger partial charge < -0.3 is 16.2 Å². The molecule has 1 unspecified atom stereocenters. The van der Waals surface area contributed by atoms with Gasteiger partial charge in [0.1, 0.15) is 9.58 Å². The predicted octanol–water partition coefficient (Wildman–Crippen LogP) is 1.71. The van der Waals surface area contributed by atoms with Crippen LogP contribution >= 0.6 is 11.3 Å². The van der Waals surface area contributed by atoms with Crippen LogP contribution in [0.1, 0.15) is 10.4 Å². The van der Waals surface area contributed by atoms with E-state index in [2.05, 4.69) is 6.58 Å². The van der Waals surface area contributed by atoms with E-state index in [-0.39, 0.29) is 4.21 Å². The summed E-state index contributed by atoms with van der Waals surface area (Å²) in [5.74, 6) is -0.599. The molecule has 1 aliphatic rings. The summed E-state index contributed by atoms with van der Waals surface area (Å²) in [6, 6.07) is 8.22. The molecule has 144 valence electrons. The Morgan fingerprint density at radius 3 is 2.56 bits per heavy atom. The molecule has 2 heterocycles. The van der Waals surface area contributed by atoms with E-state index >= 15 is 0 Å². The second-order valence-corrected chi connectivity index (χ2v) is 9.43. The van der Waals surface area contributed by atoms with Crippen LogP contribution in [0.25, 0.3) is 11.1 Å². The average Bonchev–Trinajstić information content (AvgIpc) is 3.05. The van der Waals surface area contributed by atoms with Crippen LogP contribution in [-0.4, -0.2) is 50.9 Å². The summed E-state index contributed by atoms with van der Waals surface area (Å²) < 4.78 is 31.8. The number of nitrogens with zero attached hydrogens (tertiary/aromatic N) is 1. The number of morpholine rings is 1. The van der Waals surface area contributed by atoms with E-state index in [9.17, 15) is 13.2 Å². The summed E-state index contributed by atoms with van der Waals surface area (Å²) in [4.78, 5) is 13.5. The number of ether oxygens (including phenoxy) is 1. The molecule has 0 saturated carbocycles. The Morgan fingerprint density at radius 1 is 1.26 bits per heavy atom. The second-order valence-electron chi connectivity index (χ2n) is 6.07. The van der Waals surface area contributed by atoms with Gasteiger partial charge in [-0.2, -0.15) is 0 Å². The fraction of sp³-hybridized carbons (Fsp3) is 0.278. The molecule has 4 N–H and O–H groups in total. The van der Waals surface area contributed by atoms with Gasteiger partial charge in [-0.15, -0.1) is 17.9 Å². The Labute approximate surface area is 162 Å². The van der Waals surface area contributed by atoms with Crippen LogP contribution in [0.2, 0.25) is 0 Å². The van der Waals surface area contributed by atoms with Crippen LogP contribution in [0, 0.1) is 0 Å². The summed E-state index contributed by atoms with van der Waals surface area (Å²) in [6.45, 7) is 5.67. The van der Waals surface area contributed by atoms with Gasteiger partial charge in [0.15, 0.2) is 0 Å². The molecule has 2 aromatic rings. The minimum absolute atomic E-state index is 0.130. The van der Waals surface area contributed by atoms with Crippen LogP contribution in [0.5, 0.6) is 0 Å². The third-order valence-corrected chi connectivity index (χ3v) is 7.94. The molecule has 1 atom stereocenters. The summed E-state index contributed by atoms with van der Waals surface area (Å²) in [6.07, 6.45) is 1.42. The maximum atomic E-state index is 13.2. The number of thiophene rings is 1. The molecule has 1 aromatic carbocycles. The van der Waals surface area contributed by atoms with Crippen molar-refractivity contribution >= 4 is 32.1 Å². The van der Waals surface area contributed by atoms with Crippen LogP contribution in [0.4, 0.5) is 5.00 Å². The van der Waals surface area contributed by atoms with Crippen LogP contribution < -0.4 is 11.5 Å². The number of nitrogens with two attached hydrogens (primary N) is 2. The van der Waals surface area contributed by atoms with E-state index in [4.69, 9.17) is 16.2 Å². The van der Waals surface area contributed by atoms with Gasteiger partial charge in [0.25, 0.3) is 0 Å². The fourth-order valence-electron chi connectivity index (χ4n) is 3.09. The molecule has 0 bridgehead atoms. The molecular weight excluding hydrogens is 386 g/mol. The number of hydrogen-bond acceptors (Lipinski definition) is 7. The van der Waals surface area contributed by atoms with Crippen molar-refractivity contribution in [3.63, 3.8) is 0 Å². The molecular formula is C18H21N3O4S2. The maximum absolute atomic E-state index is 13.2. The van der Waals surface area contributed by atoms with Gasteiger partial charge in [0.2, 0.25) is 15.7 Å². The number of sulfone groups is 1. The highest BCUT2D eigenvalue weighted by molar-refractivity contribution is 7.94. The Kier molecular flexibility index (Phi) is 5.66. The molecule has 1 aliphatic heterocycles. The quantitative estimate of drug-likeness (QED) is 0.705.